The van der Waals surface area contributed by atoms with Crippen LogP contribution in [0.15, 0.2) is 41.6 Å². The summed E-state index contributed by atoms with van der Waals surface area (Å²) in [4.78, 5) is 30.1. The van der Waals surface area contributed by atoms with Gasteiger partial charge in [-0.05, 0) is 43.0 Å². The van der Waals surface area contributed by atoms with Gasteiger partial charge in [-0.15, -0.1) is 11.8 Å². The monoisotopic (exact) mass is 330 g/mol. The Morgan fingerprint density at radius 2 is 1.96 bits per heavy atom. The van der Waals surface area contributed by atoms with Crippen molar-refractivity contribution in [2.24, 2.45) is 0 Å². The van der Waals surface area contributed by atoms with Crippen LogP contribution in [0.25, 0.3) is 0 Å². The Bertz CT molecular complexity index is 744. The van der Waals surface area contributed by atoms with E-state index in [9.17, 15) is 9.59 Å². The number of aromatic nitrogens is 1. The second-order valence-corrected chi connectivity index (χ2v) is 5.92. The van der Waals surface area contributed by atoms with Crippen LogP contribution >= 0.6 is 11.8 Å². The number of benzene rings is 1. The standard InChI is InChI=1S/C17H18N2O3S/c1-11-7-8-12(16(20)19(2)3)10-14(11)22-17(21)13-6-5-9-18-15(13)23-4/h5-10H,1-4H3. The van der Waals surface area contributed by atoms with Crippen molar-refractivity contribution in [1.29, 1.82) is 0 Å². The van der Waals surface area contributed by atoms with Crippen LogP contribution in [0.4, 0.5) is 0 Å². The molecule has 0 N–H and O–H groups in total. The maximum atomic E-state index is 12.4. The van der Waals surface area contributed by atoms with E-state index in [2.05, 4.69) is 4.98 Å². The smallest absolute Gasteiger partial charge is 0.346 e. The Balaban J connectivity index is 2.30. The molecule has 6 heteroatoms. The number of rotatable bonds is 4. The molecule has 0 aliphatic heterocycles. The fourth-order valence-corrected chi connectivity index (χ4v) is 2.50. The average molecular weight is 330 g/mol. The number of hydrogen-bond donors (Lipinski definition) is 0. The van der Waals surface area contributed by atoms with Gasteiger partial charge in [-0.3, -0.25) is 4.79 Å². The van der Waals surface area contributed by atoms with Crippen LogP contribution in [-0.4, -0.2) is 42.1 Å². The van der Waals surface area contributed by atoms with Gasteiger partial charge in [0.1, 0.15) is 10.8 Å². The van der Waals surface area contributed by atoms with Crippen LogP contribution in [0.3, 0.4) is 0 Å². The molecule has 1 amide bonds. The van der Waals surface area contributed by atoms with Gasteiger partial charge in [0.25, 0.3) is 5.91 Å². The lowest BCUT2D eigenvalue weighted by Gasteiger charge is -2.13. The molecule has 0 aliphatic carbocycles. The Labute approximate surface area is 139 Å². The van der Waals surface area contributed by atoms with Gasteiger partial charge < -0.3 is 9.64 Å². The average Bonchev–Trinajstić information content (AvgIpc) is 2.55. The Hall–Kier alpha value is -2.34. The molecule has 0 saturated carbocycles. The van der Waals surface area contributed by atoms with Gasteiger partial charge in [-0.25, -0.2) is 9.78 Å². The van der Waals surface area contributed by atoms with E-state index in [0.717, 1.165) is 5.56 Å². The zero-order valence-electron chi connectivity index (χ0n) is 13.5. The van der Waals surface area contributed by atoms with E-state index in [0.29, 0.717) is 21.9 Å². The first-order chi connectivity index (χ1) is 10.9. The van der Waals surface area contributed by atoms with E-state index < -0.39 is 5.97 Å². The molecule has 0 spiro atoms. The minimum absolute atomic E-state index is 0.145. The molecular weight excluding hydrogens is 312 g/mol. The number of carbonyl (C=O) groups is 2. The van der Waals surface area contributed by atoms with Crippen molar-refractivity contribution >= 4 is 23.6 Å². The molecule has 5 nitrogen and oxygen atoms in total. The largest absolute Gasteiger partial charge is 0.423 e. The zero-order valence-corrected chi connectivity index (χ0v) is 14.3. The molecule has 2 rings (SSSR count). The van der Waals surface area contributed by atoms with Crippen molar-refractivity contribution in [3.63, 3.8) is 0 Å². The van der Waals surface area contributed by atoms with Gasteiger partial charge in [0.2, 0.25) is 0 Å². The van der Waals surface area contributed by atoms with E-state index in [4.69, 9.17) is 4.74 Å². The summed E-state index contributed by atoms with van der Waals surface area (Å²) >= 11 is 1.38. The summed E-state index contributed by atoms with van der Waals surface area (Å²) in [6.07, 6.45) is 3.48. The van der Waals surface area contributed by atoms with Crippen molar-refractivity contribution in [3.05, 3.63) is 53.2 Å². The second-order valence-electron chi connectivity index (χ2n) is 5.13. The third-order valence-electron chi connectivity index (χ3n) is 3.23. The molecule has 1 heterocycles. The van der Waals surface area contributed by atoms with Gasteiger partial charge in [0, 0.05) is 25.9 Å². The first-order valence-corrected chi connectivity index (χ1v) is 8.20. The lowest BCUT2D eigenvalue weighted by molar-refractivity contribution is 0.0725. The predicted molar refractivity (Wildman–Crippen MR) is 90.2 cm³/mol. The van der Waals surface area contributed by atoms with Crippen molar-refractivity contribution in [1.82, 2.24) is 9.88 Å². The number of carbonyl (C=O) groups excluding carboxylic acids is 2. The van der Waals surface area contributed by atoms with E-state index in [-0.39, 0.29) is 5.91 Å². The van der Waals surface area contributed by atoms with Gasteiger partial charge in [-0.2, -0.15) is 0 Å². The first-order valence-electron chi connectivity index (χ1n) is 6.97. The van der Waals surface area contributed by atoms with Crippen molar-refractivity contribution in [2.75, 3.05) is 20.4 Å². The molecule has 1 aromatic carbocycles. The molecule has 0 radical (unpaired) electrons. The molecule has 0 saturated heterocycles. The van der Waals surface area contributed by atoms with E-state index in [1.165, 1.54) is 16.7 Å². The molecule has 0 unspecified atom stereocenters. The third-order valence-corrected chi connectivity index (χ3v) is 3.94. The maximum absolute atomic E-state index is 12.4. The van der Waals surface area contributed by atoms with E-state index in [1.54, 1.807) is 50.6 Å². The van der Waals surface area contributed by atoms with Crippen LogP contribution in [0, 0.1) is 6.92 Å². The number of hydrogen-bond acceptors (Lipinski definition) is 5. The predicted octanol–water partition coefficient (Wildman–Crippen LogP) is 3.03. The van der Waals surface area contributed by atoms with Gasteiger partial charge in [0.15, 0.2) is 0 Å². The number of esters is 1. The highest BCUT2D eigenvalue weighted by Gasteiger charge is 2.17. The number of nitrogens with zero attached hydrogens (tertiary/aromatic N) is 2. The van der Waals surface area contributed by atoms with Crippen molar-refractivity contribution in [3.8, 4) is 5.75 Å². The molecule has 23 heavy (non-hydrogen) atoms. The summed E-state index contributed by atoms with van der Waals surface area (Å²) in [5.41, 5.74) is 1.66. The van der Waals surface area contributed by atoms with Gasteiger partial charge in [-0.1, -0.05) is 6.07 Å². The Morgan fingerprint density at radius 3 is 2.61 bits per heavy atom. The SMILES string of the molecule is CSc1ncccc1C(=O)Oc1cc(C(=O)N(C)C)ccc1C. The second kappa shape index (κ2) is 7.28. The van der Waals surface area contributed by atoms with Gasteiger partial charge >= 0.3 is 5.97 Å². The summed E-state index contributed by atoms with van der Waals surface area (Å²) in [7, 11) is 3.35. The summed E-state index contributed by atoms with van der Waals surface area (Å²) in [6.45, 7) is 1.82. The molecular formula is C17H18N2O3S. The first kappa shape index (κ1) is 17.0. The third kappa shape index (κ3) is 3.90. The van der Waals surface area contributed by atoms with Crippen molar-refractivity contribution in [2.45, 2.75) is 11.9 Å². The van der Waals surface area contributed by atoms with Crippen LogP contribution in [0.5, 0.6) is 5.75 Å². The number of amides is 1. The summed E-state index contributed by atoms with van der Waals surface area (Å²) in [5.74, 6) is -0.257. The van der Waals surface area contributed by atoms with E-state index in [1.807, 2.05) is 13.2 Å². The van der Waals surface area contributed by atoms with Crippen molar-refractivity contribution < 1.29 is 14.3 Å². The summed E-state index contributed by atoms with van der Waals surface area (Å²) in [6, 6.07) is 8.43. The quantitative estimate of drug-likeness (QED) is 0.490. The van der Waals surface area contributed by atoms with Gasteiger partial charge in [0.05, 0.1) is 5.56 Å². The van der Waals surface area contributed by atoms with Crippen LogP contribution in [0.2, 0.25) is 0 Å². The fraction of sp³-hybridized carbons (Fsp3) is 0.235. The number of pyridine rings is 1. The van der Waals surface area contributed by atoms with Crippen LogP contribution in [-0.2, 0) is 0 Å². The molecule has 0 fully saturated rings. The highest BCUT2D eigenvalue weighted by Crippen LogP contribution is 2.23. The highest BCUT2D eigenvalue weighted by molar-refractivity contribution is 7.98. The molecule has 2 aromatic rings. The molecule has 0 aliphatic rings. The molecule has 0 bridgehead atoms. The minimum atomic E-state index is -0.486. The van der Waals surface area contributed by atoms with Crippen LogP contribution in [0.1, 0.15) is 26.3 Å². The fourth-order valence-electron chi connectivity index (χ4n) is 1.96. The normalized spacial score (nSPS) is 10.3. The Morgan fingerprint density at radius 1 is 1.22 bits per heavy atom. The lowest BCUT2D eigenvalue weighted by atomic mass is 10.1. The molecule has 1 aromatic heterocycles. The number of aryl methyl sites for hydroxylation is 1. The maximum Gasteiger partial charge on any atom is 0.346 e. The highest BCUT2D eigenvalue weighted by atomic mass is 32.2. The summed E-state index contributed by atoms with van der Waals surface area (Å²) < 4.78 is 5.48. The zero-order chi connectivity index (χ0) is 17.0. The minimum Gasteiger partial charge on any atom is -0.423 e. The van der Waals surface area contributed by atoms with E-state index >= 15 is 0 Å². The molecule has 120 valence electrons. The number of ether oxygens (including phenoxy) is 1. The number of thioether (sulfide) groups is 1. The summed E-state index contributed by atoms with van der Waals surface area (Å²) in [5, 5.41) is 0.607. The lowest BCUT2D eigenvalue weighted by Crippen LogP contribution is -2.21. The van der Waals surface area contributed by atoms with Crippen LogP contribution < -0.4 is 4.74 Å². The Kier molecular flexibility index (Phi) is 5.39. The topological polar surface area (TPSA) is 59.5 Å². The molecule has 0 atom stereocenters.